The van der Waals surface area contributed by atoms with E-state index in [2.05, 4.69) is 0 Å². The molecule has 0 aromatic rings. The number of rotatable bonds is 2. The number of amides is 1. The minimum absolute atomic E-state index is 0.127. The van der Waals surface area contributed by atoms with Crippen molar-refractivity contribution in [2.45, 2.75) is 18.9 Å². The Bertz CT molecular complexity index is 147. The van der Waals surface area contributed by atoms with Gasteiger partial charge >= 0.3 is 6.09 Å². The summed E-state index contributed by atoms with van der Waals surface area (Å²) in [7, 11) is 1.70. The summed E-state index contributed by atoms with van der Waals surface area (Å²) in [5, 5.41) is 8.64. The second-order valence-electron chi connectivity index (χ2n) is 2.68. The molecule has 64 valence electrons. The van der Waals surface area contributed by atoms with Crippen molar-refractivity contribution in [3.63, 3.8) is 0 Å². The molecule has 4 heteroatoms. The summed E-state index contributed by atoms with van der Waals surface area (Å²) in [6.45, 7) is 0.607. The Morgan fingerprint density at radius 3 is 3.18 bits per heavy atom. The van der Waals surface area contributed by atoms with Gasteiger partial charge in [0, 0.05) is 26.1 Å². The number of carbonyl (C=O) groups is 1. The second kappa shape index (κ2) is 3.57. The number of nitrogens with zero attached hydrogens (tertiary/aromatic N) is 1. The Kier molecular flexibility index (Phi) is 2.70. The predicted molar refractivity (Wildman–Crippen MR) is 39.2 cm³/mol. The van der Waals surface area contributed by atoms with Gasteiger partial charge in [0.1, 0.15) is 0 Å². The largest absolute Gasteiger partial charge is 0.449 e. The number of hydrogen-bond donors (Lipinski definition) is 1. The maximum Gasteiger partial charge on any atom is 0.409 e. The molecule has 4 nitrogen and oxygen atoms in total. The SMILES string of the molecule is CN1C(=O)OCCC1CCO. The van der Waals surface area contributed by atoms with Crippen molar-refractivity contribution < 1.29 is 14.6 Å². The van der Waals surface area contributed by atoms with Crippen molar-refractivity contribution in [1.82, 2.24) is 4.90 Å². The molecule has 0 bridgehead atoms. The fourth-order valence-electron chi connectivity index (χ4n) is 1.21. The van der Waals surface area contributed by atoms with E-state index in [0.29, 0.717) is 13.0 Å². The highest BCUT2D eigenvalue weighted by Gasteiger charge is 2.25. The van der Waals surface area contributed by atoms with E-state index in [1.54, 1.807) is 11.9 Å². The van der Waals surface area contributed by atoms with Crippen LogP contribution in [0.2, 0.25) is 0 Å². The summed E-state index contributed by atoms with van der Waals surface area (Å²) in [6, 6.07) is 0.154. The lowest BCUT2D eigenvalue weighted by atomic mass is 10.1. The molecule has 1 aliphatic heterocycles. The third-order valence-corrected chi connectivity index (χ3v) is 1.97. The van der Waals surface area contributed by atoms with E-state index in [-0.39, 0.29) is 18.7 Å². The van der Waals surface area contributed by atoms with Gasteiger partial charge in [-0.1, -0.05) is 0 Å². The van der Waals surface area contributed by atoms with E-state index < -0.39 is 0 Å². The highest BCUT2D eigenvalue weighted by Crippen LogP contribution is 2.13. The highest BCUT2D eigenvalue weighted by atomic mass is 16.6. The normalized spacial score (nSPS) is 25.1. The molecule has 1 amide bonds. The van der Waals surface area contributed by atoms with E-state index >= 15 is 0 Å². The number of aliphatic hydroxyl groups is 1. The first kappa shape index (κ1) is 8.33. The quantitative estimate of drug-likeness (QED) is 0.626. The minimum Gasteiger partial charge on any atom is -0.449 e. The van der Waals surface area contributed by atoms with Gasteiger partial charge < -0.3 is 14.7 Å². The molecule has 1 saturated heterocycles. The van der Waals surface area contributed by atoms with Crippen LogP contribution in [0.4, 0.5) is 4.79 Å². The van der Waals surface area contributed by atoms with Crippen LogP contribution >= 0.6 is 0 Å². The predicted octanol–water partition coefficient (Wildman–Crippen LogP) is 0.210. The molecule has 0 spiro atoms. The van der Waals surface area contributed by atoms with Crippen LogP contribution in [0.25, 0.3) is 0 Å². The van der Waals surface area contributed by atoms with Gasteiger partial charge in [0.15, 0.2) is 0 Å². The van der Waals surface area contributed by atoms with E-state index in [9.17, 15) is 4.79 Å². The first-order valence-electron chi connectivity index (χ1n) is 3.76. The topological polar surface area (TPSA) is 49.8 Å². The van der Waals surface area contributed by atoms with Gasteiger partial charge in [0.25, 0.3) is 0 Å². The Balaban J connectivity index is 2.44. The Morgan fingerprint density at radius 1 is 1.82 bits per heavy atom. The molecular weight excluding hydrogens is 146 g/mol. The summed E-state index contributed by atoms with van der Waals surface area (Å²) in [4.78, 5) is 12.4. The lowest BCUT2D eigenvalue weighted by Gasteiger charge is -2.31. The van der Waals surface area contributed by atoms with Crippen molar-refractivity contribution >= 4 is 6.09 Å². The van der Waals surface area contributed by atoms with E-state index in [0.717, 1.165) is 6.42 Å². The van der Waals surface area contributed by atoms with Crippen LogP contribution < -0.4 is 0 Å². The summed E-state index contributed by atoms with van der Waals surface area (Å²) >= 11 is 0. The molecule has 1 aliphatic rings. The van der Waals surface area contributed by atoms with Crippen LogP contribution in [0.1, 0.15) is 12.8 Å². The molecule has 0 radical (unpaired) electrons. The van der Waals surface area contributed by atoms with Gasteiger partial charge in [-0.15, -0.1) is 0 Å². The third-order valence-electron chi connectivity index (χ3n) is 1.97. The number of hydrogen-bond acceptors (Lipinski definition) is 3. The monoisotopic (exact) mass is 159 g/mol. The van der Waals surface area contributed by atoms with E-state index in [4.69, 9.17) is 9.84 Å². The second-order valence-corrected chi connectivity index (χ2v) is 2.68. The molecular formula is C7H13NO3. The number of cyclic esters (lactones) is 1. The Hall–Kier alpha value is -0.770. The van der Waals surface area contributed by atoms with Crippen molar-refractivity contribution in [2.75, 3.05) is 20.3 Å². The smallest absolute Gasteiger partial charge is 0.409 e. The van der Waals surface area contributed by atoms with Crippen LogP contribution in [0.5, 0.6) is 0 Å². The first-order chi connectivity index (χ1) is 5.25. The summed E-state index contributed by atoms with van der Waals surface area (Å²) in [5.41, 5.74) is 0. The standard InChI is InChI=1S/C7H13NO3/c1-8-6(2-4-9)3-5-11-7(8)10/h6,9H,2-5H2,1H3. The minimum atomic E-state index is -0.283. The Labute approximate surface area is 65.8 Å². The van der Waals surface area contributed by atoms with Crippen LogP contribution in [0, 0.1) is 0 Å². The van der Waals surface area contributed by atoms with Crippen molar-refractivity contribution in [2.24, 2.45) is 0 Å². The van der Waals surface area contributed by atoms with Crippen LogP contribution in [0.15, 0.2) is 0 Å². The molecule has 1 unspecified atom stereocenters. The molecule has 1 rings (SSSR count). The maximum atomic E-state index is 10.9. The lowest BCUT2D eigenvalue weighted by molar-refractivity contribution is 0.0488. The van der Waals surface area contributed by atoms with E-state index in [1.165, 1.54) is 0 Å². The lowest BCUT2D eigenvalue weighted by Crippen LogP contribution is -2.43. The molecule has 11 heavy (non-hydrogen) atoms. The molecule has 0 aliphatic carbocycles. The highest BCUT2D eigenvalue weighted by molar-refractivity contribution is 5.68. The number of aliphatic hydroxyl groups excluding tert-OH is 1. The average Bonchev–Trinajstić information content (AvgIpc) is 1.99. The molecule has 0 aromatic carbocycles. The van der Waals surface area contributed by atoms with Gasteiger partial charge in [-0.05, 0) is 6.42 Å². The van der Waals surface area contributed by atoms with Gasteiger partial charge in [-0.2, -0.15) is 0 Å². The molecule has 1 atom stereocenters. The fraction of sp³-hybridized carbons (Fsp3) is 0.857. The van der Waals surface area contributed by atoms with E-state index in [1.807, 2.05) is 0 Å². The summed E-state index contributed by atoms with van der Waals surface area (Å²) < 4.78 is 4.77. The summed E-state index contributed by atoms with van der Waals surface area (Å²) in [5.74, 6) is 0. The number of carbonyl (C=O) groups excluding carboxylic acids is 1. The first-order valence-corrected chi connectivity index (χ1v) is 3.76. The van der Waals surface area contributed by atoms with Gasteiger partial charge in [-0.25, -0.2) is 4.79 Å². The van der Waals surface area contributed by atoms with Crippen molar-refractivity contribution in [3.8, 4) is 0 Å². The molecule has 0 aromatic heterocycles. The zero-order valence-electron chi connectivity index (χ0n) is 6.62. The molecule has 1 heterocycles. The van der Waals surface area contributed by atoms with Crippen molar-refractivity contribution in [1.29, 1.82) is 0 Å². The molecule has 0 saturated carbocycles. The van der Waals surface area contributed by atoms with Crippen LogP contribution in [-0.2, 0) is 4.74 Å². The van der Waals surface area contributed by atoms with Gasteiger partial charge in [0.2, 0.25) is 0 Å². The molecule has 1 N–H and O–H groups in total. The fourth-order valence-corrected chi connectivity index (χ4v) is 1.21. The Morgan fingerprint density at radius 2 is 2.55 bits per heavy atom. The average molecular weight is 159 g/mol. The van der Waals surface area contributed by atoms with Crippen LogP contribution in [0.3, 0.4) is 0 Å². The van der Waals surface area contributed by atoms with Gasteiger partial charge in [0.05, 0.1) is 6.61 Å². The molecule has 1 fully saturated rings. The zero-order valence-corrected chi connectivity index (χ0v) is 6.62. The van der Waals surface area contributed by atoms with Gasteiger partial charge in [-0.3, -0.25) is 0 Å². The third kappa shape index (κ3) is 1.83. The summed E-state index contributed by atoms with van der Waals surface area (Å²) in [6.07, 6.45) is 1.18. The zero-order chi connectivity index (χ0) is 8.27. The van der Waals surface area contributed by atoms with Crippen LogP contribution in [-0.4, -0.2) is 42.4 Å². The maximum absolute atomic E-state index is 10.9. The van der Waals surface area contributed by atoms with Crippen molar-refractivity contribution in [3.05, 3.63) is 0 Å². The number of ether oxygens (including phenoxy) is 1.